The third kappa shape index (κ3) is 10.4. The van der Waals surface area contributed by atoms with E-state index >= 15 is 0 Å². The summed E-state index contributed by atoms with van der Waals surface area (Å²) in [5.41, 5.74) is 21.5. The molecule has 0 radical (unpaired) electrons. The normalized spacial score (nSPS) is 12.6. The number of fused-ring (bicyclic) bond motifs is 7. The van der Waals surface area contributed by atoms with Crippen LogP contribution < -0.4 is 14.5 Å². The molecule has 85 heavy (non-hydrogen) atoms. The molecule has 6 nitrogen and oxygen atoms in total. The summed E-state index contributed by atoms with van der Waals surface area (Å²) in [6, 6.07) is 90.3. The summed E-state index contributed by atoms with van der Waals surface area (Å²) in [6.07, 6.45) is 1.96. The van der Waals surface area contributed by atoms with Gasteiger partial charge in [0.1, 0.15) is 0 Å². The molecule has 0 saturated heterocycles. The molecule has 0 bridgehead atoms. The molecule has 1 aliphatic heterocycles. The predicted octanol–water partition coefficient (Wildman–Crippen LogP) is 21.5. The first-order valence-corrected chi connectivity index (χ1v) is 30.5. The van der Waals surface area contributed by atoms with Crippen LogP contribution in [0.25, 0.3) is 66.9 Å². The van der Waals surface area contributed by atoms with Crippen molar-refractivity contribution in [2.75, 3.05) is 9.80 Å². The van der Waals surface area contributed by atoms with E-state index in [0.717, 1.165) is 116 Å². The van der Waals surface area contributed by atoms with E-state index in [1.165, 1.54) is 11.1 Å². The molecule has 0 aliphatic carbocycles. The summed E-state index contributed by atoms with van der Waals surface area (Å²) in [4.78, 5) is 10.1. The Bertz CT molecular complexity index is 4500. The SMILES string of the molecule is CC(C)(C)c1cccc(N2c3ccccc3-c3ccccc3N(c3cc(C(C)(C)C)ccn3)c3cc(Oc4cc(-n5[c](=[Pt])n(-c6c(-c7ccccc7)cccc6-c6ccccc6)c6ccccc65)cc(C(C)(C)C)c4)ccc3-c3ccccc32)c1. The van der Waals surface area contributed by atoms with E-state index in [1.54, 1.807) is 0 Å². The van der Waals surface area contributed by atoms with Gasteiger partial charge in [-0.05, 0) is 52.3 Å². The van der Waals surface area contributed by atoms with Crippen molar-refractivity contribution in [1.29, 1.82) is 0 Å². The molecule has 0 fully saturated rings. The fourth-order valence-corrected chi connectivity index (χ4v) is 13.1. The number of imidazole rings is 1. The third-order valence-corrected chi connectivity index (χ3v) is 17.4. The molecule has 422 valence electrons. The van der Waals surface area contributed by atoms with Crippen LogP contribution in [0.4, 0.5) is 34.3 Å². The zero-order valence-electron chi connectivity index (χ0n) is 49.7. The second-order valence-corrected chi connectivity index (χ2v) is 26.3. The Morgan fingerprint density at radius 1 is 0.341 bits per heavy atom. The Hall–Kier alpha value is -9.09. The third-order valence-electron chi connectivity index (χ3n) is 16.4. The van der Waals surface area contributed by atoms with E-state index in [2.05, 4.69) is 349 Å². The number of pyridine rings is 1. The summed E-state index contributed by atoms with van der Waals surface area (Å²) in [7, 11) is 0. The van der Waals surface area contributed by atoms with Crippen molar-refractivity contribution in [2.24, 2.45) is 0 Å². The first kappa shape index (κ1) is 55.1. The molecule has 1 aliphatic rings. The van der Waals surface area contributed by atoms with Crippen LogP contribution in [-0.2, 0) is 35.6 Å². The molecule has 2 aromatic heterocycles. The first-order chi connectivity index (χ1) is 41.0. The summed E-state index contributed by atoms with van der Waals surface area (Å²) in [5, 5.41) is 0. The van der Waals surface area contributed by atoms with Crippen LogP contribution in [0, 0.1) is 3.80 Å². The number of ether oxygens (including phenoxy) is 1. The van der Waals surface area contributed by atoms with Gasteiger partial charge in [-0.1, -0.05) is 102 Å². The fraction of sp³-hybridized carbons (Fsp3) is 0.154. The topological polar surface area (TPSA) is 38.5 Å². The maximum absolute atomic E-state index is 7.42. The number of aromatic nitrogens is 3. The molecule has 0 unspecified atom stereocenters. The van der Waals surface area contributed by atoms with E-state index < -0.39 is 0 Å². The quantitative estimate of drug-likeness (QED) is 0.152. The number of hydrogen-bond donors (Lipinski definition) is 0. The Morgan fingerprint density at radius 3 is 1.39 bits per heavy atom. The van der Waals surface area contributed by atoms with E-state index in [0.29, 0.717) is 5.75 Å². The number of benzene rings is 10. The van der Waals surface area contributed by atoms with Crippen molar-refractivity contribution in [1.82, 2.24) is 14.1 Å². The van der Waals surface area contributed by atoms with Crippen LogP contribution in [0.15, 0.2) is 255 Å². The Balaban J connectivity index is 1.04. The van der Waals surface area contributed by atoms with Gasteiger partial charge in [-0.15, -0.1) is 0 Å². The van der Waals surface area contributed by atoms with Crippen LogP contribution in [-0.4, -0.2) is 14.1 Å². The summed E-state index contributed by atoms with van der Waals surface area (Å²) >= 11 is 2.55. The average Bonchev–Trinajstić information content (AvgIpc) is 3.64. The number of nitrogens with zero attached hydrogens (tertiary/aromatic N) is 5. The summed E-state index contributed by atoms with van der Waals surface area (Å²) in [6.45, 7) is 20.5. The second-order valence-electron chi connectivity index (χ2n) is 25.3. The van der Waals surface area contributed by atoms with Crippen molar-refractivity contribution in [3.8, 4) is 67.4 Å². The van der Waals surface area contributed by atoms with Gasteiger partial charge in [0, 0.05) is 17.4 Å². The standard InChI is InChI=1S/C78H69N5O.Pt/c1-76(2,3)55-30-24-31-58(46-55)82-68-37-19-16-32-64(68)65-33-18-21-39-70(65)83(74-49-56(44-45-79-74)77(4,5)6)73-51-60(42-43-67(73)66-34-17-20-38-69(66)82)84-61-48-57(78(7,8)9)47-59(50-61)80-52-81(72-41-23-22-40-71(72)80)75-62(53-26-12-10-13-27-53)35-25-36-63(75)54-28-14-11-15-29-54;/h10-51H,1-9H3;. The van der Waals surface area contributed by atoms with E-state index in [1.807, 2.05) is 6.20 Å². The maximum atomic E-state index is 7.42. The van der Waals surface area contributed by atoms with Crippen LogP contribution in [0.3, 0.4) is 0 Å². The zero-order chi connectivity index (χ0) is 58.8. The Labute approximate surface area is 511 Å². The van der Waals surface area contributed by atoms with Crippen molar-refractivity contribution < 1.29 is 24.1 Å². The van der Waals surface area contributed by atoms with Crippen molar-refractivity contribution in [3.63, 3.8) is 0 Å². The first-order valence-electron chi connectivity index (χ1n) is 29.3. The van der Waals surface area contributed by atoms with E-state index in [9.17, 15) is 0 Å². The summed E-state index contributed by atoms with van der Waals surface area (Å²) < 4.78 is 13.3. The minimum absolute atomic E-state index is 0.0680. The minimum Gasteiger partial charge on any atom is -0.0615 e. The van der Waals surface area contributed by atoms with Gasteiger partial charge in [-0.2, -0.15) is 0 Å². The number of anilines is 6. The van der Waals surface area contributed by atoms with Gasteiger partial charge in [-0.25, -0.2) is 0 Å². The van der Waals surface area contributed by atoms with Crippen molar-refractivity contribution in [2.45, 2.75) is 78.6 Å². The monoisotopic (exact) mass is 1290 g/mol. The van der Waals surface area contributed by atoms with Gasteiger partial charge >= 0.3 is 332 Å². The molecule has 10 aromatic carbocycles. The number of rotatable bonds is 8. The second kappa shape index (κ2) is 21.8. The van der Waals surface area contributed by atoms with Crippen molar-refractivity contribution >= 4 is 45.3 Å². The van der Waals surface area contributed by atoms with Gasteiger partial charge in [0.2, 0.25) is 0 Å². The molecular formula is C78H69N5OPt. The number of para-hydroxylation sites is 6. The fourth-order valence-electron chi connectivity index (χ4n) is 12.0. The summed E-state index contributed by atoms with van der Waals surface area (Å²) in [5.74, 6) is 2.24. The zero-order valence-corrected chi connectivity index (χ0v) is 52.0. The van der Waals surface area contributed by atoms with Gasteiger partial charge in [-0.3, -0.25) is 0 Å². The predicted molar refractivity (Wildman–Crippen MR) is 351 cm³/mol. The van der Waals surface area contributed by atoms with Crippen LogP contribution in [0.2, 0.25) is 0 Å². The molecule has 3 heterocycles. The molecule has 0 N–H and O–H groups in total. The molecule has 13 rings (SSSR count). The average molecular weight is 1290 g/mol. The number of hydrogen-bond acceptors (Lipinski definition) is 4. The molecular weight excluding hydrogens is 1220 g/mol. The molecule has 0 saturated carbocycles. The molecule has 12 aromatic rings. The van der Waals surface area contributed by atoms with E-state index in [-0.39, 0.29) is 16.2 Å². The van der Waals surface area contributed by atoms with Gasteiger partial charge in [0.15, 0.2) is 0 Å². The Kier molecular flexibility index (Phi) is 14.2. The van der Waals surface area contributed by atoms with Gasteiger partial charge in [0.05, 0.1) is 5.69 Å². The molecule has 7 heteroatoms. The van der Waals surface area contributed by atoms with Gasteiger partial charge in [0.25, 0.3) is 0 Å². The molecule has 0 amide bonds. The van der Waals surface area contributed by atoms with Crippen LogP contribution in [0.5, 0.6) is 11.5 Å². The van der Waals surface area contributed by atoms with Crippen LogP contribution in [0.1, 0.15) is 79.0 Å². The van der Waals surface area contributed by atoms with Crippen molar-refractivity contribution in [3.05, 3.63) is 275 Å². The van der Waals surface area contributed by atoms with Gasteiger partial charge < -0.3 is 4.90 Å². The molecule has 0 atom stereocenters. The van der Waals surface area contributed by atoms with Crippen LogP contribution >= 0.6 is 0 Å². The Morgan fingerprint density at radius 2 is 0.812 bits per heavy atom. The molecule has 0 spiro atoms. The minimum atomic E-state index is -0.232. The smallest absolute Gasteiger partial charge is 0.0615 e. The van der Waals surface area contributed by atoms with E-state index in [4.69, 9.17) is 9.72 Å².